The molecule has 17 heavy (non-hydrogen) atoms. The fourth-order valence-corrected chi connectivity index (χ4v) is 3.20. The van der Waals surface area contributed by atoms with E-state index < -0.39 is 15.3 Å². The second-order valence-corrected chi connectivity index (χ2v) is 6.09. The smallest absolute Gasteiger partial charge is 0.228 e. The van der Waals surface area contributed by atoms with Crippen molar-refractivity contribution in [1.29, 1.82) is 5.26 Å². The molecule has 0 aromatic carbocycles. The van der Waals surface area contributed by atoms with Crippen LogP contribution in [0.2, 0.25) is 0 Å². The van der Waals surface area contributed by atoms with E-state index in [9.17, 15) is 13.2 Å². The molecule has 1 fully saturated rings. The molecule has 0 radical (unpaired) electrons. The Kier molecular flexibility index (Phi) is 4.48. The highest BCUT2D eigenvalue weighted by Crippen LogP contribution is 2.12. The number of hydrogen-bond acceptors (Lipinski definition) is 4. The number of rotatable bonds is 4. The highest BCUT2D eigenvalue weighted by molar-refractivity contribution is 7.90. The fourth-order valence-electron chi connectivity index (χ4n) is 1.80. The third-order valence-corrected chi connectivity index (χ3v) is 4.70. The lowest BCUT2D eigenvalue weighted by Crippen LogP contribution is -2.50. The summed E-state index contributed by atoms with van der Waals surface area (Å²) in [6.07, 6.45) is 1.09. The van der Waals surface area contributed by atoms with Crippen molar-refractivity contribution in [3.8, 4) is 6.07 Å². The van der Waals surface area contributed by atoms with Crippen molar-refractivity contribution in [2.45, 2.75) is 37.5 Å². The van der Waals surface area contributed by atoms with E-state index in [0.29, 0.717) is 19.4 Å². The van der Waals surface area contributed by atoms with Gasteiger partial charge in [-0.25, -0.2) is 13.1 Å². The second kappa shape index (κ2) is 5.47. The molecule has 1 saturated heterocycles. The quantitative estimate of drug-likeness (QED) is 0.759. The van der Waals surface area contributed by atoms with Crippen LogP contribution in [0.4, 0.5) is 0 Å². The van der Waals surface area contributed by atoms with E-state index in [2.05, 4.69) is 4.72 Å². The molecular weight excluding hydrogens is 242 g/mol. The Morgan fingerprint density at radius 3 is 2.76 bits per heavy atom. The maximum atomic E-state index is 11.8. The number of likely N-dealkylation sites (N-methyl/N-ethyl adjacent to an activating group) is 1. The van der Waals surface area contributed by atoms with E-state index >= 15 is 0 Å². The SMILES string of the molecule is CCC(C#N)S(=O)(=O)NC1CCC(=O)N(C)C1. The normalized spacial score (nSPS) is 23.2. The van der Waals surface area contributed by atoms with Gasteiger partial charge in [0, 0.05) is 26.1 Å². The van der Waals surface area contributed by atoms with E-state index in [1.165, 1.54) is 4.90 Å². The maximum Gasteiger partial charge on any atom is 0.228 e. The van der Waals surface area contributed by atoms with Crippen molar-refractivity contribution in [2.24, 2.45) is 0 Å². The highest BCUT2D eigenvalue weighted by Gasteiger charge is 2.30. The van der Waals surface area contributed by atoms with E-state index in [1.807, 2.05) is 0 Å². The van der Waals surface area contributed by atoms with Crippen LogP contribution in [-0.4, -0.2) is 44.1 Å². The van der Waals surface area contributed by atoms with Crippen molar-refractivity contribution in [3.05, 3.63) is 0 Å². The zero-order valence-electron chi connectivity index (χ0n) is 10.0. The predicted octanol–water partition coefficient (Wildman–Crippen LogP) is -0.171. The third-order valence-electron chi connectivity index (χ3n) is 2.85. The molecule has 0 aliphatic carbocycles. The Labute approximate surface area is 102 Å². The second-order valence-electron chi connectivity index (χ2n) is 4.20. The number of nitrogens with zero attached hydrogens (tertiary/aromatic N) is 2. The summed E-state index contributed by atoms with van der Waals surface area (Å²) in [5.41, 5.74) is 0. The van der Waals surface area contributed by atoms with Crippen LogP contribution in [0.1, 0.15) is 26.2 Å². The first-order chi connectivity index (χ1) is 7.90. The number of nitriles is 1. The van der Waals surface area contributed by atoms with Gasteiger partial charge in [0.05, 0.1) is 6.07 Å². The molecule has 1 aliphatic rings. The van der Waals surface area contributed by atoms with Crippen LogP contribution < -0.4 is 4.72 Å². The van der Waals surface area contributed by atoms with Crippen molar-refractivity contribution in [2.75, 3.05) is 13.6 Å². The van der Waals surface area contributed by atoms with Crippen molar-refractivity contribution in [3.63, 3.8) is 0 Å². The van der Waals surface area contributed by atoms with Crippen LogP contribution in [0.3, 0.4) is 0 Å². The largest absolute Gasteiger partial charge is 0.344 e. The van der Waals surface area contributed by atoms with Gasteiger partial charge in [-0.1, -0.05) is 6.92 Å². The minimum Gasteiger partial charge on any atom is -0.344 e. The average molecular weight is 259 g/mol. The van der Waals surface area contributed by atoms with Gasteiger partial charge in [0.15, 0.2) is 5.25 Å². The Morgan fingerprint density at radius 2 is 2.29 bits per heavy atom. The van der Waals surface area contributed by atoms with Crippen LogP contribution in [0.5, 0.6) is 0 Å². The van der Waals surface area contributed by atoms with Gasteiger partial charge in [-0.2, -0.15) is 5.26 Å². The van der Waals surface area contributed by atoms with E-state index in [0.717, 1.165) is 0 Å². The molecule has 1 heterocycles. The van der Waals surface area contributed by atoms with Gasteiger partial charge in [0.25, 0.3) is 0 Å². The molecule has 0 bridgehead atoms. The minimum absolute atomic E-state index is 0.0211. The summed E-state index contributed by atoms with van der Waals surface area (Å²) in [4.78, 5) is 12.8. The summed E-state index contributed by atoms with van der Waals surface area (Å²) in [6, 6.07) is 1.48. The molecule has 6 nitrogen and oxygen atoms in total. The van der Waals surface area contributed by atoms with Crippen LogP contribution in [0.15, 0.2) is 0 Å². The van der Waals surface area contributed by atoms with Crippen LogP contribution in [0.25, 0.3) is 0 Å². The lowest BCUT2D eigenvalue weighted by Gasteiger charge is -2.30. The summed E-state index contributed by atoms with van der Waals surface area (Å²) in [7, 11) is -1.97. The van der Waals surface area contributed by atoms with Crippen molar-refractivity contribution >= 4 is 15.9 Å². The van der Waals surface area contributed by atoms with Gasteiger partial charge in [-0.15, -0.1) is 0 Å². The zero-order valence-corrected chi connectivity index (χ0v) is 10.8. The average Bonchev–Trinajstić information content (AvgIpc) is 2.24. The first-order valence-electron chi connectivity index (χ1n) is 5.55. The molecule has 0 aromatic heterocycles. The summed E-state index contributed by atoms with van der Waals surface area (Å²) >= 11 is 0. The van der Waals surface area contributed by atoms with Gasteiger partial charge < -0.3 is 4.90 Å². The fraction of sp³-hybridized carbons (Fsp3) is 0.800. The Morgan fingerprint density at radius 1 is 1.65 bits per heavy atom. The van der Waals surface area contributed by atoms with E-state index in [-0.39, 0.29) is 18.4 Å². The molecule has 96 valence electrons. The molecule has 2 atom stereocenters. The zero-order chi connectivity index (χ0) is 13.1. The van der Waals surface area contributed by atoms with Crippen LogP contribution >= 0.6 is 0 Å². The maximum absolute atomic E-state index is 11.8. The lowest BCUT2D eigenvalue weighted by atomic mass is 10.1. The number of piperidine rings is 1. The highest BCUT2D eigenvalue weighted by atomic mass is 32.2. The van der Waals surface area contributed by atoms with Gasteiger partial charge >= 0.3 is 0 Å². The molecule has 1 rings (SSSR count). The van der Waals surface area contributed by atoms with Gasteiger partial charge in [-0.3, -0.25) is 4.79 Å². The number of nitrogens with one attached hydrogen (secondary N) is 1. The number of sulfonamides is 1. The van der Waals surface area contributed by atoms with E-state index in [1.54, 1.807) is 20.0 Å². The van der Waals surface area contributed by atoms with Crippen molar-refractivity contribution < 1.29 is 13.2 Å². The third kappa shape index (κ3) is 3.41. The summed E-state index contributed by atoms with van der Waals surface area (Å²) in [6.45, 7) is 2.02. The van der Waals surface area contributed by atoms with Gasteiger partial charge in [0.2, 0.25) is 15.9 Å². The molecule has 7 heteroatoms. The van der Waals surface area contributed by atoms with Crippen LogP contribution in [0, 0.1) is 11.3 Å². The van der Waals surface area contributed by atoms with E-state index in [4.69, 9.17) is 5.26 Å². The monoisotopic (exact) mass is 259 g/mol. The Bertz CT molecular complexity index is 427. The van der Waals surface area contributed by atoms with Crippen molar-refractivity contribution in [1.82, 2.24) is 9.62 Å². The standard InChI is InChI=1S/C10H17N3O3S/c1-3-9(6-11)17(15,16)12-8-4-5-10(14)13(2)7-8/h8-9,12H,3-5,7H2,1-2H3. The number of likely N-dealkylation sites (tertiary alicyclic amines) is 1. The van der Waals surface area contributed by atoms with Gasteiger partial charge in [-0.05, 0) is 12.8 Å². The molecule has 0 spiro atoms. The lowest BCUT2D eigenvalue weighted by molar-refractivity contribution is -0.132. The van der Waals surface area contributed by atoms with Gasteiger partial charge in [0.1, 0.15) is 0 Å². The number of carbonyl (C=O) groups is 1. The minimum atomic E-state index is -3.61. The number of carbonyl (C=O) groups excluding carboxylic acids is 1. The molecule has 0 aromatic rings. The molecule has 1 amide bonds. The summed E-state index contributed by atoms with van der Waals surface area (Å²) < 4.78 is 26.1. The first kappa shape index (κ1) is 13.9. The molecular formula is C10H17N3O3S. The molecule has 0 saturated carbocycles. The van der Waals surface area contributed by atoms with Crippen LogP contribution in [-0.2, 0) is 14.8 Å². The molecule has 1 aliphatic heterocycles. The summed E-state index contributed by atoms with van der Waals surface area (Å²) in [5, 5.41) is 7.73. The summed E-state index contributed by atoms with van der Waals surface area (Å²) in [5.74, 6) is 0.0211. The Hall–Kier alpha value is -1.13. The Balaban J connectivity index is 2.66. The predicted molar refractivity (Wildman–Crippen MR) is 62.4 cm³/mol. The topological polar surface area (TPSA) is 90.3 Å². The first-order valence-corrected chi connectivity index (χ1v) is 7.10. The molecule has 1 N–H and O–H groups in total. The number of hydrogen-bond donors (Lipinski definition) is 1. The molecule has 2 unspecified atom stereocenters. The number of amides is 1.